The fourth-order valence-electron chi connectivity index (χ4n) is 19.6. The lowest BCUT2D eigenvalue weighted by atomic mass is 9.70. The average molecular weight is 1180 g/mol. The molecule has 2 aromatic rings. The maximum absolute atomic E-state index is 6.98. The third kappa shape index (κ3) is 11.1. The van der Waals surface area contributed by atoms with Crippen LogP contribution in [0.5, 0.6) is 0 Å². The van der Waals surface area contributed by atoms with Gasteiger partial charge in [0, 0.05) is 34.8 Å². The molecule has 89 heavy (non-hydrogen) atoms. The Hall–Kier alpha value is -6.42. The summed E-state index contributed by atoms with van der Waals surface area (Å²) in [5, 5.41) is 0. The maximum atomic E-state index is 6.98. The molecule has 1 heterocycles. The van der Waals surface area contributed by atoms with Crippen molar-refractivity contribution >= 4 is 6.08 Å². The van der Waals surface area contributed by atoms with Gasteiger partial charge >= 0.3 is 0 Å². The van der Waals surface area contributed by atoms with Gasteiger partial charge in [-0.25, -0.2) is 0 Å². The number of allylic oxidation sites excluding steroid dienone is 25. The summed E-state index contributed by atoms with van der Waals surface area (Å²) < 4.78 is 6.98. The summed E-state index contributed by atoms with van der Waals surface area (Å²) in [5.41, 5.74) is 28.0. The lowest BCUT2D eigenvalue weighted by Gasteiger charge is -2.42. The van der Waals surface area contributed by atoms with Crippen molar-refractivity contribution in [3.05, 3.63) is 266 Å². The molecule has 13 aliphatic rings. The Morgan fingerprint density at radius 2 is 1.64 bits per heavy atom. The molecule has 0 aromatic heterocycles. The summed E-state index contributed by atoms with van der Waals surface area (Å²) in [6, 6.07) is 21.7. The van der Waals surface area contributed by atoms with Crippen LogP contribution in [0.4, 0.5) is 0 Å². The molecular formula is C86H100N2O. The van der Waals surface area contributed by atoms with Crippen molar-refractivity contribution in [3.8, 4) is 0 Å². The second-order valence-electron chi connectivity index (χ2n) is 29.7. The first kappa shape index (κ1) is 58.9. The second-order valence-corrected chi connectivity index (χ2v) is 29.7. The number of ether oxygens (including phenoxy) is 1. The number of nitrogens with zero attached hydrogens (tertiary/aromatic N) is 2. The highest BCUT2D eigenvalue weighted by Crippen LogP contribution is 2.67. The van der Waals surface area contributed by atoms with E-state index in [9.17, 15) is 0 Å². The van der Waals surface area contributed by atoms with Crippen LogP contribution in [0.1, 0.15) is 197 Å². The maximum Gasteiger partial charge on any atom is 0.0626 e. The smallest absolute Gasteiger partial charge is 0.0626 e. The Kier molecular flexibility index (Phi) is 16.8. The van der Waals surface area contributed by atoms with Crippen molar-refractivity contribution in [1.82, 2.24) is 9.80 Å². The normalized spacial score (nSPS) is 32.5. The molecule has 2 saturated carbocycles. The van der Waals surface area contributed by atoms with E-state index in [0.717, 1.165) is 96.5 Å². The van der Waals surface area contributed by atoms with Crippen molar-refractivity contribution in [3.63, 3.8) is 0 Å². The monoisotopic (exact) mass is 1180 g/mol. The number of hydrogen-bond donors (Lipinski definition) is 0. The van der Waals surface area contributed by atoms with Gasteiger partial charge in [-0.1, -0.05) is 161 Å². The highest BCUT2D eigenvalue weighted by molar-refractivity contribution is 5.77. The minimum atomic E-state index is -0.112. The van der Waals surface area contributed by atoms with Crippen molar-refractivity contribution in [2.75, 3.05) is 6.61 Å². The highest BCUT2D eigenvalue weighted by Gasteiger charge is 2.57. The van der Waals surface area contributed by atoms with Crippen LogP contribution in [0, 0.1) is 41.4 Å². The van der Waals surface area contributed by atoms with Crippen molar-refractivity contribution in [2.45, 2.75) is 204 Å². The highest BCUT2D eigenvalue weighted by atomic mass is 16.5. The molecule has 3 nitrogen and oxygen atoms in total. The first-order valence-electron chi connectivity index (χ1n) is 35.9. The Balaban J connectivity index is 0.691. The molecule has 12 atom stereocenters. The molecule has 0 spiro atoms. The lowest BCUT2D eigenvalue weighted by molar-refractivity contribution is -0.0378. The zero-order valence-electron chi connectivity index (χ0n) is 54.3. The molecule has 2 fully saturated rings. The number of benzene rings is 2. The molecule has 3 heteroatoms. The van der Waals surface area contributed by atoms with E-state index in [0.29, 0.717) is 59.5 Å². The van der Waals surface area contributed by atoms with Gasteiger partial charge in [-0.05, 0) is 304 Å². The van der Waals surface area contributed by atoms with E-state index in [1.54, 1.807) is 61.4 Å². The minimum Gasteiger partial charge on any atom is -0.378 e. The van der Waals surface area contributed by atoms with Gasteiger partial charge in [0.25, 0.3) is 0 Å². The molecule has 0 radical (unpaired) electrons. The van der Waals surface area contributed by atoms with Gasteiger partial charge < -0.3 is 14.5 Å². The first-order valence-corrected chi connectivity index (χ1v) is 35.9. The Labute approximate surface area is 535 Å². The number of rotatable bonds is 17. The van der Waals surface area contributed by atoms with Crippen LogP contribution < -0.4 is 0 Å². The summed E-state index contributed by atoms with van der Waals surface area (Å²) in [4.78, 5) is 5.69. The molecule has 0 saturated heterocycles. The quantitative estimate of drug-likeness (QED) is 0.147. The molecule has 15 rings (SSSR count). The van der Waals surface area contributed by atoms with Crippen LogP contribution >= 0.6 is 0 Å². The van der Waals surface area contributed by atoms with Gasteiger partial charge in [0.2, 0.25) is 0 Å². The number of hydrogen-bond acceptors (Lipinski definition) is 3. The Morgan fingerprint density at radius 1 is 0.742 bits per heavy atom. The van der Waals surface area contributed by atoms with Gasteiger partial charge in [0.15, 0.2) is 0 Å². The van der Waals surface area contributed by atoms with E-state index in [2.05, 4.69) is 196 Å². The van der Waals surface area contributed by atoms with E-state index in [1.807, 2.05) is 6.08 Å². The fourth-order valence-corrected chi connectivity index (χ4v) is 19.6. The average Bonchev–Trinajstić information content (AvgIpc) is 1.53. The molecule has 0 bridgehead atoms. The van der Waals surface area contributed by atoms with Gasteiger partial charge in [-0.2, -0.15) is 0 Å². The molecule has 12 unspecified atom stereocenters. The van der Waals surface area contributed by atoms with E-state index in [1.165, 1.54) is 104 Å². The van der Waals surface area contributed by atoms with Gasteiger partial charge in [-0.15, -0.1) is 6.58 Å². The summed E-state index contributed by atoms with van der Waals surface area (Å²) in [6.07, 6.45) is 71.6. The lowest BCUT2D eigenvalue weighted by Crippen LogP contribution is -2.37. The van der Waals surface area contributed by atoms with E-state index in [-0.39, 0.29) is 11.5 Å². The van der Waals surface area contributed by atoms with E-state index < -0.39 is 0 Å². The molecule has 1 aliphatic heterocycles. The van der Waals surface area contributed by atoms with Crippen LogP contribution in [0.3, 0.4) is 0 Å². The predicted octanol–water partition coefficient (Wildman–Crippen LogP) is 21.9. The molecule has 12 aliphatic carbocycles. The predicted molar refractivity (Wildman–Crippen MR) is 372 cm³/mol. The standard InChI is InChI=1S/C86H100N2O/c1-6-60-27-32-64(33-28-60)67-40-48-82-79(52-67)80-53-68(41-49-83(80)88(82)71-22-15-10-16-23-71)65-38-44-73(45-39-65)87(72-42-36-63(37-43-72)62-18-11-8-12-19-62)74-46-47-76-77-25-17-24-75-69(55-86(85(75)77,81(76)54-74)70-20-13-9-14-21-70)31-26-57(3)56-89-84-51-58(4)78(50-59(84)5)66-34-29-61(7-2)30-35-66/h6-7,9-10,13-15,18,20-22,24,29-30,32,34-36,40-42,44,47,49,52,54,57-60,65,68-69,74,78,82,84H,1-2,8,11-12,16-17,19,23,25-28,31,33,37-39,43,45-46,48,50-51,53,55-56H2,3-5H3. The summed E-state index contributed by atoms with van der Waals surface area (Å²) >= 11 is 0. The molecule has 2 aromatic carbocycles. The minimum absolute atomic E-state index is 0.112. The van der Waals surface area contributed by atoms with Crippen molar-refractivity contribution in [2.24, 2.45) is 41.4 Å². The van der Waals surface area contributed by atoms with Crippen LogP contribution in [0.15, 0.2) is 249 Å². The summed E-state index contributed by atoms with van der Waals surface area (Å²) in [5.74, 6) is 4.62. The molecule has 0 N–H and O–H groups in total. The summed E-state index contributed by atoms with van der Waals surface area (Å²) in [7, 11) is 0. The first-order chi connectivity index (χ1) is 43.7. The van der Waals surface area contributed by atoms with E-state index in [4.69, 9.17) is 4.74 Å². The van der Waals surface area contributed by atoms with Crippen molar-refractivity contribution in [1.29, 1.82) is 0 Å². The van der Waals surface area contributed by atoms with Crippen LogP contribution in [-0.4, -0.2) is 34.6 Å². The zero-order valence-corrected chi connectivity index (χ0v) is 54.3. The van der Waals surface area contributed by atoms with Crippen LogP contribution in [0.2, 0.25) is 0 Å². The van der Waals surface area contributed by atoms with Gasteiger partial charge in [0.05, 0.1) is 18.2 Å². The fraction of sp³-hybridized carbons (Fsp3) is 0.465. The molecular weight excluding hydrogens is 1080 g/mol. The Bertz CT molecular complexity index is 3610. The third-order valence-electron chi connectivity index (χ3n) is 24.5. The number of fused-ring (bicyclic) bond motifs is 5. The zero-order chi connectivity index (χ0) is 60.2. The van der Waals surface area contributed by atoms with Gasteiger partial charge in [0.1, 0.15) is 0 Å². The van der Waals surface area contributed by atoms with E-state index >= 15 is 0 Å². The topological polar surface area (TPSA) is 15.7 Å². The van der Waals surface area contributed by atoms with Crippen LogP contribution in [-0.2, 0) is 10.2 Å². The molecule has 0 amide bonds. The van der Waals surface area contributed by atoms with Crippen molar-refractivity contribution < 1.29 is 4.74 Å². The third-order valence-corrected chi connectivity index (χ3v) is 24.5. The summed E-state index contributed by atoms with van der Waals surface area (Å²) in [6.45, 7) is 16.4. The molecule has 460 valence electrons. The second kappa shape index (κ2) is 25.3. The van der Waals surface area contributed by atoms with Crippen LogP contribution in [0.25, 0.3) is 6.08 Å². The Morgan fingerprint density at radius 3 is 2.40 bits per heavy atom. The largest absolute Gasteiger partial charge is 0.378 e. The SMILES string of the molecule is C=Cc1ccc(C2CC(C)C(OCC(C)CCC3CC4(c5ccccc5)C5=CC(N(C6=CC=C(C7=CCCCC7)CC6)C6=CCC(C7C=CC8=C(C7)C7=CC(C9=CCC(C=C)CC9)=CCC7N8C7=CC=CCC7)CC6)CC=C5C5=C4C3=CCC5)CC2C)cc1. The van der Waals surface area contributed by atoms with Gasteiger partial charge in [-0.3, -0.25) is 0 Å².